The standard InChI is InChI=1S/C17H17BrN4OS/c1-10-3-5-12(6-4-10)8-20-16(23)11(2)24-17-21-14-7-13(18)9-19-15(14)22-17/h3-7,9,11H,8H2,1-2H3,(H,20,23)(H,19,21,22)/t11-/m1/s1. The van der Waals surface area contributed by atoms with Gasteiger partial charge in [-0.2, -0.15) is 0 Å². The maximum atomic E-state index is 12.3. The average molecular weight is 405 g/mol. The summed E-state index contributed by atoms with van der Waals surface area (Å²) in [6, 6.07) is 10.0. The molecule has 0 bridgehead atoms. The molecule has 3 aromatic rings. The summed E-state index contributed by atoms with van der Waals surface area (Å²) in [6.07, 6.45) is 1.70. The van der Waals surface area contributed by atoms with Crippen molar-refractivity contribution in [2.45, 2.75) is 30.8 Å². The molecule has 3 rings (SSSR count). The molecule has 0 radical (unpaired) electrons. The van der Waals surface area contributed by atoms with Crippen LogP contribution in [0.1, 0.15) is 18.1 Å². The van der Waals surface area contributed by atoms with Gasteiger partial charge in [-0.05, 0) is 41.4 Å². The van der Waals surface area contributed by atoms with E-state index in [1.165, 1.54) is 17.3 Å². The number of fused-ring (bicyclic) bond motifs is 1. The lowest BCUT2D eigenvalue weighted by Gasteiger charge is -2.10. The number of hydrogen-bond acceptors (Lipinski definition) is 4. The fourth-order valence-corrected chi connectivity index (χ4v) is 3.33. The van der Waals surface area contributed by atoms with Crippen molar-refractivity contribution in [2.24, 2.45) is 0 Å². The fraction of sp³-hybridized carbons (Fsp3) is 0.235. The zero-order valence-corrected chi connectivity index (χ0v) is 15.7. The molecule has 7 heteroatoms. The Morgan fingerprint density at radius 1 is 1.38 bits per heavy atom. The van der Waals surface area contributed by atoms with E-state index in [-0.39, 0.29) is 11.2 Å². The van der Waals surface area contributed by atoms with Crippen molar-refractivity contribution in [2.75, 3.05) is 0 Å². The normalized spacial score (nSPS) is 12.3. The number of H-pyrrole nitrogens is 1. The van der Waals surface area contributed by atoms with Crippen molar-refractivity contribution in [3.05, 3.63) is 52.1 Å². The molecule has 24 heavy (non-hydrogen) atoms. The highest BCUT2D eigenvalue weighted by atomic mass is 79.9. The van der Waals surface area contributed by atoms with Crippen LogP contribution < -0.4 is 5.32 Å². The van der Waals surface area contributed by atoms with Crippen LogP contribution in [0.4, 0.5) is 0 Å². The van der Waals surface area contributed by atoms with Crippen molar-refractivity contribution in [3.8, 4) is 0 Å². The smallest absolute Gasteiger partial charge is 0.233 e. The number of carbonyl (C=O) groups is 1. The molecular formula is C17H17BrN4OS. The number of imidazole rings is 1. The maximum absolute atomic E-state index is 12.3. The molecule has 2 aromatic heterocycles. The third-order valence-corrected chi connectivity index (χ3v) is 4.95. The van der Waals surface area contributed by atoms with Crippen LogP contribution in [0.25, 0.3) is 11.2 Å². The molecule has 124 valence electrons. The van der Waals surface area contributed by atoms with E-state index in [0.29, 0.717) is 17.3 Å². The highest BCUT2D eigenvalue weighted by Gasteiger charge is 2.16. The number of halogens is 1. The van der Waals surface area contributed by atoms with Gasteiger partial charge in [0.15, 0.2) is 10.8 Å². The van der Waals surface area contributed by atoms with Gasteiger partial charge in [-0.25, -0.2) is 9.97 Å². The Labute approximate surface area is 152 Å². The lowest BCUT2D eigenvalue weighted by Crippen LogP contribution is -2.30. The number of thioether (sulfide) groups is 1. The molecule has 0 saturated heterocycles. The number of nitrogens with one attached hydrogen (secondary N) is 2. The molecule has 1 aromatic carbocycles. The Morgan fingerprint density at radius 3 is 2.88 bits per heavy atom. The molecule has 0 aliphatic rings. The largest absolute Gasteiger partial charge is 0.351 e. The number of nitrogens with zero attached hydrogens (tertiary/aromatic N) is 2. The molecule has 1 amide bonds. The summed E-state index contributed by atoms with van der Waals surface area (Å²) in [5, 5.41) is 3.39. The van der Waals surface area contributed by atoms with Gasteiger partial charge in [-0.3, -0.25) is 4.79 Å². The zero-order chi connectivity index (χ0) is 17.1. The van der Waals surface area contributed by atoms with Crippen LogP contribution >= 0.6 is 27.7 Å². The van der Waals surface area contributed by atoms with E-state index in [2.05, 4.69) is 36.2 Å². The molecule has 0 unspecified atom stereocenters. The topological polar surface area (TPSA) is 70.7 Å². The minimum atomic E-state index is -0.251. The van der Waals surface area contributed by atoms with Gasteiger partial charge in [0.25, 0.3) is 0 Å². The molecule has 2 heterocycles. The zero-order valence-electron chi connectivity index (χ0n) is 13.3. The number of benzene rings is 1. The van der Waals surface area contributed by atoms with Crippen LogP contribution in [0.3, 0.4) is 0 Å². The summed E-state index contributed by atoms with van der Waals surface area (Å²) >= 11 is 4.77. The van der Waals surface area contributed by atoms with E-state index in [1.54, 1.807) is 6.20 Å². The quantitative estimate of drug-likeness (QED) is 0.633. The highest BCUT2D eigenvalue weighted by molar-refractivity contribution is 9.10. The van der Waals surface area contributed by atoms with Gasteiger partial charge >= 0.3 is 0 Å². The molecule has 1 atom stereocenters. The van der Waals surface area contributed by atoms with Gasteiger partial charge in [0.05, 0.1) is 10.8 Å². The molecule has 0 spiro atoms. The SMILES string of the molecule is Cc1ccc(CNC(=O)[C@@H](C)Sc2nc3ncc(Br)cc3[nH]2)cc1. The van der Waals surface area contributed by atoms with E-state index >= 15 is 0 Å². The van der Waals surface area contributed by atoms with Crippen molar-refractivity contribution < 1.29 is 4.79 Å². The second-order valence-electron chi connectivity index (χ2n) is 5.53. The van der Waals surface area contributed by atoms with Crippen molar-refractivity contribution in [3.63, 3.8) is 0 Å². The first kappa shape index (κ1) is 17.0. The molecule has 0 fully saturated rings. The van der Waals surface area contributed by atoms with Gasteiger partial charge in [-0.1, -0.05) is 41.6 Å². The number of aromatic nitrogens is 3. The van der Waals surface area contributed by atoms with E-state index in [1.807, 2.05) is 44.2 Å². The fourth-order valence-electron chi connectivity index (χ4n) is 2.17. The molecule has 0 aliphatic heterocycles. The predicted molar refractivity (Wildman–Crippen MR) is 99.9 cm³/mol. The van der Waals surface area contributed by atoms with Gasteiger partial charge in [0.1, 0.15) is 0 Å². The second kappa shape index (κ2) is 7.36. The Balaban J connectivity index is 1.59. The molecule has 2 N–H and O–H groups in total. The van der Waals surface area contributed by atoms with Crippen LogP contribution in [0.15, 0.2) is 46.2 Å². The summed E-state index contributed by atoms with van der Waals surface area (Å²) < 4.78 is 0.888. The van der Waals surface area contributed by atoms with Crippen LogP contribution in [-0.4, -0.2) is 26.1 Å². The van der Waals surface area contributed by atoms with Crippen LogP contribution in [0.5, 0.6) is 0 Å². The molecular weight excluding hydrogens is 388 g/mol. The summed E-state index contributed by atoms with van der Waals surface area (Å²) in [4.78, 5) is 24.1. The van der Waals surface area contributed by atoms with Gasteiger partial charge in [-0.15, -0.1) is 0 Å². The Hall–Kier alpha value is -1.86. The van der Waals surface area contributed by atoms with Crippen LogP contribution in [0, 0.1) is 6.92 Å². The number of aryl methyl sites for hydroxylation is 1. The van der Waals surface area contributed by atoms with Gasteiger partial charge < -0.3 is 10.3 Å². The van der Waals surface area contributed by atoms with Crippen LogP contribution in [-0.2, 0) is 11.3 Å². The summed E-state index contributed by atoms with van der Waals surface area (Å²) in [7, 11) is 0. The number of hydrogen-bond donors (Lipinski definition) is 2. The van der Waals surface area contributed by atoms with E-state index < -0.39 is 0 Å². The summed E-state index contributed by atoms with van der Waals surface area (Å²) in [5.41, 5.74) is 3.79. The molecule has 0 saturated carbocycles. The highest BCUT2D eigenvalue weighted by Crippen LogP contribution is 2.24. The van der Waals surface area contributed by atoms with E-state index in [4.69, 9.17) is 0 Å². The van der Waals surface area contributed by atoms with E-state index in [0.717, 1.165) is 15.6 Å². The van der Waals surface area contributed by atoms with Gasteiger partial charge in [0.2, 0.25) is 5.91 Å². The first-order chi connectivity index (χ1) is 11.5. The third-order valence-electron chi connectivity index (χ3n) is 3.53. The first-order valence-corrected chi connectivity index (χ1v) is 9.20. The second-order valence-corrected chi connectivity index (χ2v) is 7.78. The van der Waals surface area contributed by atoms with Gasteiger partial charge in [0, 0.05) is 17.2 Å². The molecule has 5 nitrogen and oxygen atoms in total. The Morgan fingerprint density at radius 2 is 2.12 bits per heavy atom. The van der Waals surface area contributed by atoms with E-state index in [9.17, 15) is 4.79 Å². The van der Waals surface area contributed by atoms with Crippen molar-refractivity contribution in [1.82, 2.24) is 20.3 Å². The Kier molecular flexibility index (Phi) is 5.20. The van der Waals surface area contributed by atoms with Crippen molar-refractivity contribution in [1.29, 1.82) is 0 Å². The van der Waals surface area contributed by atoms with Crippen molar-refractivity contribution >= 4 is 44.8 Å². The lowest BCUT2D eigenvalue weighted by molar-refractivity contribution is -0.120. The monoisotopic (exact) mass is 404 g/mol. The molecule has 0 aliphatic carbocycles. The average Bonchev–Trinajstić information content (AvgIpc) is 2.95. The number of aromatic amines is 1. The summed E-state index contributed by atoms with van der Waals surface area (Å²) in [6.45, 7) is 4.44. The van der Waals surface area contributed by atoms with Crippen LogP contribution in [0.2, 0.25) is 0 Å². The number of carbonyl (C=O) groups excluding carboxylic acids is 1. The maximum Gasteiger partial charge on any atom is 0.233 e. The minimum Gasteiger partial charge on any atom is -0.351 e. The summed E-state index contributed by atoms with van der Waals surface area (Å²) in [5.74, 6) is -0.0184. The lowest BCUT2D eigenvalue weighted by atomic mass is 10.1. The minimum absolute atomic E-state index is 0.0184. The number of amides is 1. The Bertz CT molecular complexity index is 863. The first-order valence-electron chi connectivity index (χ1n) is 7.52. The number of pyridine rings is 1. The number of rotatable bonds is 5. The third kappa shape index (κ3) is 4.15. The predicted octanol–water partition coefficient (Wildman–Crippen LogP) is 3.83.